The van der Waals surface area contributed by atoms with Gasteiger partial charge in [-0.05, 0) is 62.6 Å². The molecule has 118 valence electrons. The third-order valence-electron chi connectivity index (χ3n) is 4.47. The zero-order valence-corrected chi connectivity index (χ0v) is 15.7. The molecule has 0 N–H and O–H groups in total. The Morgan fingerprint density at radius 1 is 1.00 bits per heavy atom. The fraction of sp³-hybridized carbons (Fsp3) is 0.889. The van der Waals surface area contributed by atoms with Crippen LogP contribution in [0.1, 0.15) is 78.6 Å². The maximum absolute atomic E-state index is 6.07. The molecule has 20 heavy (non-hydrogen) atoms. The molecule has 0 radical (unpaired) electrons. The Bertz CT molecular complexity index is 288. The van der Waals surface area contributed by atoms with Gasteiger partial charge in [0, 0.05) is 6.42 Å². The smallest absolute Gasteiger partial charge is 0.229 e. The van der Waals surface area contributed by atoms with Gasteiger partial charge in [-0.2, -0.15) is 0 Å². The van der Waals surface area contributed by atoms with E-state index in [0.717, 1.165) is 5.92 Å². The summed E-state index contributed by atoms with van der Waals surface area (Å²) in [5.74, 6) is 2.21. The van der Waals surface area contributed by atoms with Crippen molar-refractivity contribution in [3.05, 3.63) is 11.8 Å². The first-order valence-electron chi connectivity index (χ1n) is 8.75. The molecule has 0 amide bonds. The molecule has 0 spiro atoms. The SMILES string of the molecule is C[SiH](C)OC1=CCCCCC(C(C)(C)C)CCCCC1. The minimum atomic E-state index is -0.926. The summed E-state index contributed by atoms with van der Waals surface area (Å²) in [4.78, 5) is 0. The summed E-state index contributed by atoms with van der Waals surface area (Å²) in [5.41, 5.74) is 0.484. The van der Waals surface area contributed by atoms with Gasteiger partial charge in [0.2, 0.25) is 9.04 Å². The van der Waals surface area contributed by atoms with Crippen molar-refractivity contribution in [3.63, 3.8) is 0 Å². The first-order chi connectivity index (χ1) is 9.39. The molecule has 2 heteroatoms. The quantitative estimate of drug-likeness (QED) is 0.563. The van der Waals surface area contributed by atoms with E-state index in [1.54, 1.807) is 0 Å². The highest BCUT2D eigenvalue weighted by Crippen LogP contribution is 2.35. The van der Waals surface area contributed by atoms with Crippen LogP contribution in [0.15, 0.2) is 11.8 Å². The third-order valence-corrected chi connectivity index (χ3v) is 5.24. The Morgan fingerprint density at radius 3 is 2.25 bits per heavy atom. The minimum Gasteiger partial charge on any atom is -0.550 e. The Morgan fingerprint density at radius 2 is 1.65 bits per heavy atom. The minimum absolute atomic E-state index is 0.484. The summed E-state index contributed by atoms with van der Waals surface area (Å²) in [6, 6.07) is 0. The van der Waals surface area contributed by atoms with Crippen LogP contribution in [0.4, 0.5) is 0 Å². The standard InChI is InChI=1S/C18H36OSi/c1-18(2,3)16-12-8-6-10-14-17(19-20(4)5)15-11-7-9-13-16/h14,16,20H,6-13,15H2,1-5H3. The molecule has 0 aromatic rings. The van der Waals surface area contributed by atoms with E-state index in [0.29, 0.717) is 5.41 Å². The molecule has 0 saturated heterocycles. The van der Waals surface area contributed by atoms with Crippen molar-refractivity contribution >= 4 is 9.04 Å². The monoisotopic (exact) mass is 296 g/mol. The Kier molecular flexibility index (Phi) is 7.94. The van der Waals surface area contributed by atoms with E-state index in [-0.39, 0.29) is 0 Å². The lowest BCUT2D eigenvalue weighted by atomic mass is 9.75. The highest BCUT2D eigenvalue weighted by molar-refractivity contribution is 6.48. The second-order valence-electron chi connectivity index (χ2n) is 7.78. The molecule has 0 aliphatic heterocycles. The molecule has 1 atom stereocenters. The summed E-state index contributed by atoms with van der Waals surface area (Å²) >= 11 is 0. The maximum Gasteiger partial charge on any atom is 0.229 e. The molecule has 0 bridgehead atoms. The molecule has 1 rings (SSSR count). The summed E-state index contributed by atoms with van der Waals surface area (Å²) in [7, 11) is -0.926. The highest BCUT2D eigenvalue weighted by Gasteiger charge is 2.23. The molecule has 0 heterocycles. The van der Waals surface area contributed by atoms with Crippen molar-refractivity contribution in [1.82, 2.24) is 0 Å². The van der Waals surface area contributed by atoms with Gasteiger partial charge in [0.05, 0.1) is 5.76 Å². The summed E-state index contributed by atoms with van der Waals surface area (Å²) in [6.07, 6.45) is 14.4. The van der Waals surface area contributed by atoms with Crippen LogP contribution < -0.4 is 0 Å². The summed E-state index contributed by atoms with van der Waals surface area (Å²) in [5, 5.41) is 0. The fourth-order valence-corrected chi connectivity index (χ4v) is 4.01. The molecule has 0 aromatic heterocycles. The Hall–Kier alpha value is -0.243. The normalized spacial score (nSPS) is 23.7. The first kappa shape index (κ1) is 17.8. The van der Waals surface area contributed by atoms with Gasteiger partial charge >= 0.3 is 0 Å². The Balaban J connectivity index is 2.52. The highest BCUT2D eigenvalue weighted by atomic mass is 28.3. The topological polar surface area (TPSA) is 9.23 Å². The fourth-order valence-electron chi connectivity index (χ4n) is 3.19. The lowest BCUT2D eigenvalue weighted by Gasteiger charge is -2.31. The van der Waals surface area contributed by atoms with Crippen molar-refractivity contribution < 1.29 is 4.43 Å². The van der Waals surface area contributed by atoms with E-state index in [1.807, 2.05) is 0 Å². The Labute approximate surface area is 128 Å². The first-order valence-corrected chi connectivity index (χ1v) is 11.5. The second kappa shape index (κ2) is 8.91. The summed E-state index contributed by atoms with van der Waals surface area (Å²) in [6.45, 7) is 11.8. The molecule has 0 saturated carbocycles. The number of hydrogen-bond donors (Lipinski definition) is 0. The van der Waals surface area contributed by atoms with E-state index in [2.05, 4.69) is 39.9 Å². The van der Waals surface area contributed by atoms with Crippen molar-refractivity contribution in [1.29, 1.82) is 0 Å². The zero-order chi connectivity index (χ0) is 15.0. The largest absolute Gasteiger partial charge is 0.550 e. The van der Waals surface area contributed by atoms with Crippen LogP contribution in [0.25, 0.3) is 0 Å². The van der Waals surface area contributed by atoms with Crippen molar-refractivity contribution in [2.45, 2.75) is 91.7 Å². The van der Waals surface area contributed by atoms with Gasteiger partial charge < -0.3 is 4.43 Å². The maximum atomic E-state index is 6.07. The number of hydrogen-bond acceptors (Lipinski definition) is 1. The van der Waals surface area contributed by atoms with Gasteiger partial charge in [0.15, 0.2) is 0 Å². The van der Waals surface area contributed by atoms with Gasteiger partial charge in [-0.1, -0.05) is 40.0 Å². The van der Waals surface area contributed by atoms with Crippen LogP contribution in [0.5, 0.6) is 0 Å². The second-order valence-corrected chi connectivity index (χ2v) is 10.1. The molecular formula is C18H36OSi. The molecular weight excluding hydrogens is 260 g/mol. The molecule has 0 aromatic carbocycles. The number of rotatable bonds is 2. The van der Waals surface area contributed by atoms with E-state index >= 15 is 0 Å². The van der Waals surface area contributed by atoms with E-state index in [1.165, 1.54) is 63.5 Å². The predicted octanol–water partition coefficient (Wildman–Crippen LogP) is 6.06. The molecule has 1 unspecified atom stereocenters. The van der Waals surface area contributed by atoms with Gasteiger partial charge in [-0.3, -0.25) is 0 Å². The van der Waals surface area contributed by atoms with Gasteiger partial charge in [-0.25, -0.2) is 0 Å². The molecule has 1 aliphatic rings. The van der Waals surface area contributed by atoms with Crippen LogP contribution in [-0.2, 0) is 4.43 Å². The number of allylic oxidation sites excluding steroid dienone is 2. The van der Waals surface area contributed by atoms with Crippen molar-refractivity contribution in [2.75, 3.05) is 0 Å². The van der Waals surface area contributed by atoms with Crippen LogP contribution in [0.2, 0.25) is 13.1 Å². The average Bonchev–Trinajstić information content (AvgIpc) is 2.30. The lowest BCUT2D eigenvalue weighted by Crippen LogP contribution is -2.20. The molecule has 1 aliphatic carbocycles. The lowest BCUT2D eigenvalue weighted by molar-refractivity contribution is 0.201. The van der Waals surface area contributed by atoms with Gasteiger partial charge in [0.25, 0.3) is 0 Å². The third kappa shape index (κ3) is 7.52. The van der Waals surface area contributed by atoms with E-state index in [4.69, 9.17) is 4.43 Å². The average molecular weight is 297 g/mol. The molecule has 1 nitrogen and oxygen atoms in total. The van der Waals surface area contributed by atoms with Crippen molar-refractivity contribution in [2.24, 2.45) is 11.3 Å². The van der Waals surface area contributed by atoms with E-state index < -0.39 is 9.04 Å². The van der Waals surface area contributed by atoms with Crippen LogP contribution in [0.3, 0.4) is 0 Å². The molecule has 0 fully saturated rings. The zero-order valence-electron chi connectivity index (χ0n) is 14.5. The van der Waals surface area contributed by atoms with Crippen LogP contribution in [-0.4, -0.2) is 9.04 Å². The van der Waals surface area contributed by atoms with Gasteiger partial charge in [0.1, 0.15) is 0 Å². The van der Waals surface area contributed by atoms with Crippen LogP contribution >= 0.6 is 0 Å². The van der Waals surface area contributed by atoms with Crippen LogP contribution in [0, 0.1) is 11.3 Å². The summed E-state index contributed by atoms with van der Waals surface area (Å²) < 4.78 is 6.07. The van der Waals surface area contributed by atoms with Gasteiger partial charge in [-0.15, -0.1) is 0 Å². The predicted molar refractivity (Wildman–Crippen MR) is 92.5 cm³/mol. The van der Waals surface area contributed by atoms with Crippen molar-refractivity contribution in [3.8, 4) is 0 Å². The van der Waals surface area contributed by atoms with E-state index in [9.17, 15) is 0 Å².